The molecule has 0 saturated carbocycles. The van der Waals surface area contributed by atoms with Crippen molar-refractivity contribution in [2.75, 3.05) is 39.8 Å². The number of nitrogens with zero attached hydrogens (tertiary/aromatic N) is 1. The van der Waals surface area contributed by atoms with Crippen molar-refractivity contribution in [2.45, 2.75) is 13.3 Å². The fourth-order valence-electron chi connectivity index (χ4n) is 0.992. The lowest BCUT2D eigenvalue weighted by atomic mass is 10.4. The molecule has 0 amide bonds. The second-order valence-corrected chi connectivity index (χ2v) is 2.61. The highest BCUT2D eigenvalue weighted by Crippen LogP contribution is 1.88. The average Bonchev–Trinajstić information content (AvgIpc) is 2.05. The van der Waals surface area contributed by atoms with E-state index in [-0.39, 0.29) is 0 Å². The number of nitrogens with one attached hydrogen (secondary N) is 1. The van der Waals surface area contributed by atoms with Gasteiger partial charge >= 0.3 is 0 Å². The van der Waals surface area contributed by atoms with Gasteiger partial charge in [-0.2, -0.15) is 0 Å². The van der Waals surface area contributed by atoms with E-state index in [1.807, 2.05) is 7.05 Å². The van der Waals surface area contributed by atoms with Crippen molar-refractivity contribution in [3.63, 3.8) is 0 Å². The molecule has 0 aliphatic rings. The van der Waals surface area contributed by atoms with E-state index in [2.05, 4.69) is 17.1 Å². The van der Waals surface area contributed by atoms with Crippen LogP contribution in [0.2, 0.25) is 0 Å². The van der Waals surface area contributed by atoms with Crippen LogP contribution in [0.25, 0.3) is 0 Å². The van der Waals surface area contributed by atoms with E-state index in [0.29, 0.717) is 6.61 Å². The zero-order chi connectivity index (χ0) is 8.53. The first-order valence-electron chi connectivity index (χ1n) is 4.33. The van der Waals surface area contributed by atoms with Gasteiger partial charge in [0.25, 0.3) is 0 Å². The van der Waals surface area contributed by atoms with Gasteiger partial charge < -0.3 is 15.3 Å². The molecule has 2 N–H and O–H groups in total. The van der Waals surface area contributed by atoms with E-state index < -0.39 is 0 Å². The van der Waals surface area contributed by atoms with Gasteiger partial charge in [-0.15, -0.1) is 0 Å². The molecule has 68 valence electrons. The lowest BCUT2D eigenvalue weighted by Gasteiger charge is -2.19. The Balaban J connectivity index is 3.25. The highest BCUT2D eigenvalue weighted by molar-refractivity contribution is 4.55. The zero-order valence-corrected chi connectivity index (χ0v) is 7.64. The van der Waals surface area contributed by atoms with E-state index >= 15 is 0 Å². The van der Waals surface area contributed by atoms with Crippen LogP contribution in [0.4, 0.5) is 0 Å². The summed E-state index contributed by atoms with van der Waals surface area (Å²) in [5.41, 5.74) is 0. The third-order valence-electron chi connectivity index (χ3n) is 1.76. The van der Waals surface area contributed by atoms with Crippen molar-refractivity contribution in [1.29, 1.82) is 0 Å². The minimum atomic E-state index is 0.302. The molecule has 0 rings (SSSR count). The van der Waals surface area contributed by atoms with Gasteiger partial charge in [0.15, 0.2) is 0 Å². The summed E-state index contributed by atoms with van der Waals surface area (Å²) >= 11 is 0. The maximum absolute atomic E-state index is 8.59. The normalized spacial score (nSPS) is 10.9. The average molecular weight is 160 g/mol. The third kappa shape index (κ3) is 6.28. The number of aliphatic hydroxyl groups excluding tert-OH is 1. The third-order valence-corrected chi connectivity index (χ3v) is 1.76. The molecule has 0 aromatic carbocycles. The number of hydrogen-bond donors (Lipinski definition) is 2. The predicted octanol–water partition coefficient (Wildman–Crippen LogP) is -0.0899. The smallest absolute Gasteiger partial charge is 0.0443 e. The van der Waals surface area contributed by atoms with E-state index in [1.165, 1.54) is 0 Å². The molecule has 0 saturated heterocycles. The predicted molar refractivity (Wildman–Crippen MR) is 47.7 cm³/mol. The summed E-state index contributed by atoms with van der Waals surface area (Å²) in [6, 6.07) is 0. The number of likely N-dealkylation sites (N-methyl/N-ethyl adjacent to an activating group) is 2. The quantitative estimate of drug-likeness (QED) is 0.546. The molecule has 0 aliphatic heterocycles. The Hall–Kier alpha value is -0.120. The van der Waals surface area contributed by atoms with Crippen LogP contribution in [0.5, 0.6) is 0 Å². The molecule has 3 heteroatoms. The Labute approximate surface area is 69.4 Å². The van der Waals surface area contributed by atoms with Crippen molar-refractivity contribution in [2.24, 2.45) is 0 Å². The van der Waals surface area contributed by atoms with Crippen LogP contribution < -0.4 is 5.32 Å². The van der Waals surface area contributed by atoms with Gasteiger partial charge in [0.2, 0.25) is 0 Å². The molecule has 0 aromatic rings. The highest BCUT2D eigenvalue weighted by Gasteiger charge is 1.98. The minimum absolute atomic E-state index is 0.302. The monoisotopic (exact) mass is 160 g/mol. The van der Waals surface area contributed by atoms with Gasteiger partial charge in [0, 0.05) is 26.2 Å². The number of aliphatic hydroxyl groups is 1. The van der Waals surface area contributed by atoms with Crippen LogP contribution >= 0.6 is 0 Å². The summed E-state index contributed by atoms with van der Waals surface area (Å²) in [5, 5.41) is 11.7. The van der Waals surface area contributed by atoms with Crippen LogP contribution in [-0.4, -0.2) is 49.8 Å². The van der Waals surface area contributed by atoms with Gasteiger partial charge in [-0.3, -0.25) is 0 Å². The molecule has 0 heterocycles. The lowest BCUT2D eigenvalue weighted by Crippen LogP contribution is -2.31. The van der Waals surface area contributed by atoms with Crippen LogP contribution in [0.1, 0.15) is 13.3 Å². The van der Waals surface area contributed by atoms with Crippen LogP contribution in [0.15, 0.2) is 0 Å². The maximum atomic E-state index is 8.59. The topological polar surface area (TPSA) is 35.5 Å². The number of hydrogen-bond acceptors (Lipinski definition) is 3. The summed E-state index contributed by atoms with van der Waals surface area (Å²) in [4.78, 5) is 2.33. The Kier molecular flexibility index (Phi) is 7.89. The zero-order valence-electron chi connectivity index (χ0n) is 7.64. The van der Waals surface area contributed by atoms with E-state index in [0.717, 1.165) is 32.6 Å². The summed E-state index contributed by atoms with van der Waals surface area (Å²) in [7, 11) is 1.96. The van der Waals surface area contributed by atoms with E-state index in [1.54, 1.807) is 0 Å². The molecule has 0 fully saturated rings. The van der Waals surface area contributed by atoms with Gasteiger partial charge in [0.05, 0.1) is 0 Å². The number of rotatable bonds is 7. The second kappa shape index (κ2) is 7.98. The van der Waals surface area contributed by atoms with Gasteiger partial charge in [-0.25, -0.2) is 0 Å². The largest absolute Gasteiger partial charge is 0.396 e. The molecular formula is C8H20N2O. The van der Waals surface area contributed by atoms with Crippen LogP contribution in [0, 0.1) is 0 Å². The van der Waals surface area contributed by atoms with E-state index in [4.69, 9.17) is 5.11 Å². The van der Waals surface area contributed by atoms with Crippen LogP contribution in [-0.2, 0) is 0 Å². The van der Waals surface area contributed by atoms with Gasteiger partial charge in [-0.1, -0.05) is 6.92 Å². The maximum Gasteiger partial charge on any atom is 0.0443 e. The van der Waals surface area contributed by atoms with E-state index in [9.17, 15) is 0 Å². The molecule has 0 aliphatic carbocycles. The van der Waals surface area contributed by atoms with Crippen molar-refractivity contribution in [1.82, 2.24) is 10.2 Å². The first-order chi connectivity index (χ1) is 5.35. The second-order valence-electron chi connectivity index (χ2n) is 2.61. The lowest BCUT2D eigenvalue weighted by molar-refractivity contribution is 0.231. The molecule has 0 unspecified atom stereocenters. The Morgan fingerprint density at radius 1 is 1.36 bits per heavy atom. The Morgan fingerprint density at radius 3 is 2.55 bits per heavy atom. The Bertz CT molecular complexity index is 70.5. The first kappa shape index (κ1) is 10.9. The standard InChI is InChI=1S/C8H20N2O/c1-3-10(6-4-8-11)7-5-9-2/h9,11H,3-8H2,1-2H3. The Morgan fingerprint density at radius 2 is 2.09 bits per heavy atom. The summed E-state index contributed by atoms with van der Waals surface area (Å²) < 4.78 is 0. The van der Waals surface area contributed by atoms with Crippen molar-refractivity contribution in [3.05, 3.63) is 0 Å². The van der Waals surface area contributed by atoms with Crippen LogP contribution in [0.3, 0.4) is 0 Å². The van der Waals surface area contributed by atoms with Crippen molar-refractivity contribution >= 4 is 0 Å². The summed E-state index contributed by atoms with van der Waals surface area (Å²) in [5.74, 6) is 0. The molecule has 0 atom stereocenters. The fraction of sp³-hybridized carbons (Fsp3) is 1.00. The molecule has 0 aromatic heterocycles. The van der Waals surface area contributed by atoms with Gasteiger partial charge in [-0.05, 0) is 20.0 Å². The molecule has 3 nitrogen and oxygen atoms in total. The first-order valence-corrected chi connectivity index (χ1v) is 4.33. The molecular weight excluding hydrogens is 140 g/mol. The minimum Gasteiger partial charge on any atom is -0.396 e. The molecule has 0 bridgehead atoms. The molecule has 0 spiro atoms. The molecule has 11 heavy (non-hydrogen) atoms. The summed E-state index contributed by atoms with van der Waals surface area (Å²) in [6.07, 6.45) is 0.886. The SMILES string of the molecule is CCN(CCCO)CCNC. The fourth-order valence-corrected chi connectivity index (χ4v) is 0.992. The van der Waals surface area contributed by atoms with Crippen molar-refractivity contribution < 1.29 is 5.11 Å². The summed E-state index contributed by atoms with van der Waals surface area (Å²) in [6.45, 7) is 6.63. The molecule has 0 radical (unpaired) electrons. The highest BCUT2D eigenvalue weighted by atomic mass is 16.3. The van der Waals surface area contributed by atoms with Gasteiger partial charge in [0.1, 0.15) is 0 Å². The van der Waals surface area contributed by atoms with Crippen molar-refractivity contribution in [3.8, 4) is 0 Å².